The Morgan fingerprint density at radius 3 is 2.30 bits per heavy atom. The Morgan fingerprint density at radius 2 is 1.78 bits per heavy atom. The highest BCUT2D eigenvalue weighted by molar-refractivity contribution is 7.92. The van der Waals surface area contributed by atoms with Crippen molar-refractivity contribution in [3.8, 4) is 0 Å². The van der Waals surface area contributed by atoms with Gasteiger partial charge in [0.05, 0.1) is 11.9 Å². The second kappa shape index (κ2) is 9.06. The van der Waals surface area contributed by atoms with E-state index in [0.29, 0.717) is 18.2 Å². The van der Waals surface area contributed by atoms with Crippen LogP contribution in [0.3, 0.4) is 0 Å². The van der Waals surface area contributed by atoms with Gasteiger partial charge < -0.3 is 10.2 Å². The summed E-state index contributed by atoms with van der Waals surface area (Å²) in [5.41, 5.74) is 2.47. The summed E-state index contributed by atoms with van der Waals surface area (Å²) in [6.07, 6.45) is 4.39. The monoisotopic (exact) mass is 395 g/mol. The van der Waals surface area contributed by atoms with Crippen molar-refractivity contribution in [1.82, 2.24) is 10.2 Å². The number of aryl methyl sites for hydroxylation is 2. The van der Waals surface area contributed by atoms with Crippen LogP contribution >= 0.6 is 0 Å². The number of nitrogens with zero attached hydrogens (tertiary/aromatic N) is 2. The number of nitrogens with one attached hydrogen (secondary N) is 1. The molecule has 1 amide bonds. The Kier molecular flexibility index (Phi) is 7.28. The molecular formula is C20H33N3O3S. The number of hydrogen-bond acceptors (Lipinski definition) is 4. The van der Waals surface area contributed by atoms with Gasteiger partial charge in [-0.05, 0) is 89.3 Å². The van der Waals surface area contributed by atoms with E-state index in [-0.39, 0.29) is 5.91 Å². The minimum Gasteiger partial charge on any atom is -0.354 e. The first-order valence-corrected chi connectivity index (χ1v) is 11.5. The Labute approximate surface area is 164 Å². The summed E-state index contributed by atoms with van der Waals surface area (Å²) in [6.45, 7) is 8.27. The van der Waals surface area contributed by atoms with E-state index >= 15 is 0 Å². The topological polar surface area (TPSA) is 69.7 Å². The van der Waals surface area contributed by atoms with Crippen molar-refractivity contribution in [2.24, 2.45) is 5.92 Å². The van der Waals surface area contributed by atoms with E-state index in [9.17, 15) is 13.2 Å². The van der Waals surface area contributed by atoms with Crippen molar-refractivity contribution in [2.75, 3.05) is 37.2 Å². The van der Waals surface area contributed by atoms with Crippen LogP contribution in [0.4, 0.5) is 5.69 Å². The van der Waals surface area contributed by atoms with Crippen molar-refractivity contribution in [3.63, 3.8) is 0 Å². The number of carbonyl (C=O) groups is 1. The van der Waals surface area contributed by atoms with Gasteiger partial charge in [0.2, 0.25) is 15.9 Å². The standard InChI is InChI=1S/C20H33N3O3S/c1-15-12-16(2)14-19(13-15)23(27(5,25)26)17(3)20(24)21-9-6-18-7-10-22(4)11-8-18/h12-14,17-18H,6-11H2,1-5H3,(H,21,24). The number of anilines is 1. The van der Waals surface area contributed by atoms with Crippen LogP contribution < -0.4 is 9.62 Å². The first-order chi connectivity index (χ1) is 12.6. The molecule has 0 aromatic heterocycles. The van der Waals surface area contributed by atoms with Crippen molar-refractivity contribution in [1.29, 1.82) is 0 Å². The molecule has 0 aliphatic carbocycles. The molecule has 1 fully saturated rings. The highest BCUT2D eigenvalue weighted by Crippen LogP contribution is 2.24. The van der Waals surface area contributed by atoms with Gasteiger partial charge >= 0.3 is 0 Å². The van der Waals surface area contributed by atoms with Gasteiger partial charge in [-0.15, -0.1) is 0 Å². The molecule has 0 bridgehead atoms. The number of amides is 1. The van der Waals surface area contributed by atoms with E-state index in [1.807, 2.05) is 19.9 Å². The minimum atomic E-state index is -3.58. The van der Waals surface area contributed by atoms with Gasteiger partial charge in [0.1, 0.15) is 6.04 Å². The molecule has 7 heteroatoms. The maximum absolute atomic E-state index is 12.6. The molecule has 1 atom stereocenters. The van der Waals surface area contributed by atoms with Gasteiger partial charge in [-0.1, -0.05) is 6.07 Å². The Morgan fingerprint density at radius 1 is 1.22 bits per heavy atom. The van der Waals surface area contributed by atoms with Crippen LogP contribution in [0.25, 0.3) is 0 Å². The van der Waals surface area contributed by atoms with Crippen LogP contribution in [0.2, 0.25) is 0 Å². The predicted octanol–water partition coefficient (Wildman–Crippen LogP) is 2.31. The molecular weight excluding hydrogens is 362 g/mol. The van der Waals surface area contributed by atoms with Gasteiger partial charge in [-0.25, -0.2) is 8.42 Å². The molecule has 0 saturated carbocycles. The lowest BCUT2D eigenvalue weighted by atomic mass is 9.94. The fourth-order valence-electron chi connectivity index (χ4n) is 3.78. The third kappa shape index (κ3) is 6.21. The van der Waals surface area contributed by atoms with Crippen molar-refractivity contribution < 1.29 is 13.2 Å². The van der Waals surface area contributed by atoms with Crippen molar-refractivity contribution in [2.45, 2.75) is 46.1 Å². The summed E-state index contributed by atoms with van der Waals surface area (Å²) >= 11 is 0. The Balaban J connectivity index is 2.02. The average Bonchev–Trinajstić information content (AvgIpc) is 2.54. The van der Waals surface area contributed by atoms with Gasteiger partial charge in [0, 0.05) is 6.54 Å². The van der Waals surface area contributed by atoms with E-state index in [2.05, 4.69) is 17.3 Å². The SMILES string of the molecule is Cc1cc(C)cc(N(C(C)C(=O)NCCC2CCN(C)CC2)S(C)(=O)=O)c1. The molecule has 1 aliphatic heterocycles. The second-order valence-electron chi connectivity index (χ2n) is 7.91. The maximum Gasteiger partial charge on any atom is 0.243 e. The summed E-state index contributed by atoms with van der Waals surface area (Å²) < 4.78 is 26.0. The summed E-state index contributed by atoms with van der Waals surface area (Å²) in [5, 5.41) is 2.93. The number of rotatable bonds is 7. The summed E-state index contributed by atoms with van der Waals surface area (Å²) in [5.74, 6) is 0.370. The Hall–Kier alpha value is -1.60. The van der Waals surface area contributed by atoms with E-state index < -0.39 is 16.1 Å². The van der Waals surface area contributed by atoms with Crippen LogP contribution in [-0.4, -0.2) is 58.2 Å². The van der Waals surface area contributed by atoms with E-state index in [1.165, 1.54) is 4.31 Å². The highest BCUT2D eigenvalue weighted by atomic mass is 32.2. The first kappa shape index (κ1) is 21.7. The van der Waals surface area contributed by atoms with Gasteiger partial charge in [-0.3, -0.25) is 9.10 Å². The molecule has 1 saturated heterocycles. The lowest BCUT2D eigenvalue weighted by molar-refractivity contribution is -0.121. The number of carbonyl (C=O) groups excluding carboxylic acids is 1. The smallest absolute Gasteiger partial charge is 0.243 e. The summed E-state index contributed by atoms with van der Waals surface area (Å²) in [6, 6.07) is 4.79. The zero-order valence-corrected chi connectivity index (χ0v) is 18.0. The summed E-state index contributed by atoms with van der Waals surface area (Å²) in [4.78, 5) is 15.0. The van der Waals surface area contributed by atoms with Gasteiger partial charge in [-0.2, -0.15) is 0 Å². The third-order valence-corrected chi connectivity index (χ3v) is 6.48. The fourth-order valence-corrected chi connectivity index (χ4v) is 4.94. The maximum atomic E-state index is 12.6. The van der Waals surface area contributed by atoms with Gasteiger partial charge in [0.25, 0.3) is 0 Å². The normalized spacial score (nSPS) is 17.5. The Bertz CT molecular complexity index is 735. The second-order valence-corrected chi connectivity index (χ2v) is 9.77. The lowest BCUT2D eigenvalue weighted by Gasteiger charge is -2.30. The van der Waals surface area contributed by atoms with Crippen LogP contribution in [0.15, 0.2) is 18.2 Å². The first-order valence-electron chi connectivity index (χ1n) is 9.62. The van der Waals surface area contributed by atoms with Crippen LogP contribution in [-0.2, 0) is 14.8 Å². The molecule has 6 nitrogen and oxygen atoms in total. The highest BCUT2D eigenvalue weighted by Gasteiger charge is 2.29. The fraction of sp³-hybridized carbons (Fsp3) is 0.650. The zero-order chi connectivity index (χ0) is 20.2. The van der Waals surface area contributed by atoms with E-state index in [0.717, 1.165) is 49.7 Å². The van der Waals surface area contributed by atoms with Crippen molar-refractivity contribution in [3.05, 3.63) is 29.3 Å². The number of likely N-dealkylation sites (tertiary alicyclic amines) is 1. The quantitative estimate of drug-likeness (QED) is 0.769. The number of benzene rings is 1. The summed E-state index contributed by atoms with van der Waals surface area (Å²) in [7, 11) is -1.45. The molecule has 1 aromatic rings. The molecule has 1 unspecified atom stereocenters. The molecule has 1 aliphatic rings. The molecule has 27 heavy (non-hydrogen) atoms. The zero-order valence-electron chi connectivity index (χ0n) is 17.2. The van der Waals surface area contributed by atoms with E-state index in [4.69, 9.17) is 0 Å². The van der Waals surface area contributed by atoms with Crippen LogP contribution in [0.1, 0.15) is 37.3 Å². The molecule has 0 spiro atoms. The number of piperidine rings is 1. The predicted molar refractivity (Wildman–Crippen MR) is 111 cm³/mol. The number of sulfonamides is 1. The molecule has 152 valence electrons. The number of hydrogen-bond donors (Lipinski definition) is 1. The van der Waals surface area contributed by atoms with E-state index in [1.54, 1.807) is 19.1 Å². The van der Waals surface area contributed by atoms with Gasteiger partial charge in [0.15, 0.2) is 0 Å². The average molecular weight is 396 g/mol. The molecule has 0 radical (unpaired) electrons. The third-order valence-electron chi connectivity index (χ3n) is 5.24. The molecule has 2 rings (SSSR count). The lowest BCUT2D eigenvalue weighted by Crippen LogP contribution is -2.48. The molecule has 1 N–H and O–H groups in total. The van der Waals surface area contributed by atoms with Crippen molar-refractivity contribution >= 4 is 21.6 Å². The van der Waals surface area contributed by atoms with Crippen LogP contribution in [0.5, 0.6) is 0 Å². The van der Waals surface area contributed by atoms with Crippen LogP contribution in [0, 0.1) is 19.8 Å². The molecule has 1 heterocycles. The molecule has 1 aromatic carbocycles. The largest absolute Gasteiger partial charge is 0.354 e. The minimum absolute atomic E-state index is 0.257.